The number of hydrogen-bond donors (Lipinski definition) is 2. The zero-order chi connectivity index (χ0) is 17.7. The van der Waals surface area contributed by atoms with Gasteiger partial charge in [-0.15, -0.1) is 0 Å². The van der Waals surface area contributed by atoms with E-state index in [1.165, 1.54) is 0 Å². The van der Waals surface area contributed by atoms with E-state index in [1.54, 1.807) is 6.07 Å². The van der Waals surface area contributed by atoms with E-state index in [4.69, 9.17) is 0 Å². The van der Waals surface area contributed by atoms with Crippen LogP contribution in [0.4, 0.5) is 11.6 Å². The van der Waals surface area contributed by atoms with Crippen molar-refractivity contribution in [1.82, 2.24) is 15.3 Å². The van der Waals surface area contributed by atoms with Gasteiger partial charge in [0.15, 0.2) is 0 Å². The van der Waals surface area contributed by atoms with Crippen LogP contribution >= 0.6 is 0 Å². The number of hydrogen-bond acceptors (Lipinski definition) is 4. The van der Waals surface area contributed by atoms with Gasteiger partial charge in [-0.1, -0.05) is 32.0 Å². The van der Waals surface area contributed by atoms with Crippen molar-refractivity contribution >= 4 is 17.5 Å². The van der Waals surface area contributed by atoms with E-state index in [-0.39, 0.29) is 5.91 Å². The first-order valence-corrected chi connectivity index (χ1v) is 8.34. The number of benzene rings is 1. The Kier molecular flexibility index (Phi) is 5.90. The molecule has 0 aliphatic carbocycles. The van der Waals surface area contributed by atoms with Crippen molar-refractivity contribution in [2.24, 2.45) is 5.92 Å². The van der Waals surface area contributed by atoms with Crippen LogP contribution in [0.5, 0.6) is 0 Å². The molecule has 0 aliphatic rings. The number of rotatable bonds is 6. The van der Waals surface area contributed by atoms with E-state index in [0.717, 1.165) is 28.9 Å². The van der Waals surface area contributed by atoms with Crippen molar-refractivity contribution in [2.75, 3.05) is 11.9 Å². The Bertz CT molecular complexity index is 705. The molecule has 5 heteroatoms. The fourth-order valence-electron chi connectivity index (χ4n) is 2.43. The van der Waals surface area contributed by atoms with E-state index in [0.29, 0.717) is 24.1 Å². The standard InChI is InChI=1S/C19H26N4O/c1-12(2)9-10-20-18(24)16-11-15(5)21-19(22-16)23-17-13(3)7-6-8-14(17)4/h6-8,11-12H,9-10H2,1-5H3,(H,20,24)(H,21,22,23). The summed E-state index contributed by atoms with van der Waals surface area (Å²) in [7, 11) is 0. The summed E-state index contributed by atoms with van der Waals surface area (Å²) in [6.07, 6.45) is 0.948. The zero-order valence-electron chi connectivity index (χ0n) is 15.1. The summed E-state index contributed by atoms with van der Waals surface area (Å²) in [6.45, 7) is 10.8. The molecule has 1 aromatic carbocycles. The smallest absolute Gasteiger partial charge is 0.270 e. The molecule has 2 rings (SSSR count). The van der Waals surface area contributed by atoms with Crippen molar-refractivity contribution in [3.8, 4) is 0 Å². The predicted octanol–water partition coefficient (Wildman–Crippen LogP) is 3.92. The summed E-state index contributed by atoms with van der Waals surface area (Å²) in [4.78, 5) is 21.1. The van der Waals surface area contributed by atoms with Crippen molar-refractivity contribution in [2.45, 2.75) is 41.0 Å². The van der Waals surface area contributed by atoms with Crippen molar-refractivity contribution in [3.05, 3.63) is 46.8 Å². The molecule has 0 spiro atoms. The van der Waals surface area contributed by atoms with Gasteiger partial charge in [-0.2, -0.15) is 0 Å². The van der Waals surface area contributed by atoms with Gasteiger partial charge < -0.3 is 10.6 Å². The van der Waals surface area contributed by atoms with Crippen molar-refractivity contribution < 1.29 is 4.79 Å². The minimum absolute atomic E-state index is 0.161. The molecular formula is C19H26N4O. The lowest BCUT2D eigenvalue weighted by Crippen LogP contribution is -2.26. The normalized spacial score (nSPS) is 10.8. The van der Waals surface area contributed by atoms with Crippen LogP contribution in [0.25, 0.3) is 0 Å². The number of aryl methyl sites for hydroxylation is 3. The number of amides is 1. The monoisotopic (exact) mass is 326 g/mol. The third-order valence-electron chi connectivity index (χ3n) is 3.81. The van der Waals surface area contributed by atoms with Crippen LogP contribution in [-0.4, -0.2) is 22.4 Å². The average Bonchev–Trinajstić information content (AvgIpc) is 2.50. The molecule has 128 valence electrons. The Balaban J connectivity index is 2.18. The molecule has 0 atom stereocenters. The first kappa shape index (κ1) is 17.9. The summed E-state index contributed by atoms with van der Waals surface area (Å²) in [6, 6.07) is 7.79. The molecule has 0 saturated heterocycles. The number of carbonyl (C=O) groups excluding carboxylic acids is 1. The van der Waals surface area contributed by atoms with Gasteiger partial charge in [0.05, 0.1) is 0 Å². The largest absolute Gasteiger partial charge is 0.351 e. The molecule has 1 amide bonds. The second-order valence-corrected chi connectivity index (χ2v) is 6.55. The Morgan fingerprint density at radius 1 is 1.12 bits per heavy atom. The third kappa shape index (κ3) is 4.78. The maximum atomic E-state index is 12.3. The Morgan fingerprint density at radius 3 is 2.42 bits per heavy atom. The molecule has 24 heavy (non-hydrogen) atoms. The molecule has 0 saturated carbocycles. The lowest BCUT2D eigenvalue weighted by molar-refractivity contribution is 0.0947. The number of para-hydroxylation sites is 1. The highest BCUT2D eigenvalue weighted by Crippen LogP contribution is 2.22. The number of aromatic nitrogens is 2. The Labute approximate surface area is 143 Å². The summed E-state index contributed by atoms with van der Waals surface area (Å²) in [5.74, 6) is 0.839. The van der Waals surface area contributed by atoms with Gasteiger partial charge in [-0.25, -0.2) is 9.97 Å². The minimum Gasteiger partial charge on any atom is -0.351 e. The number of anilines is 2. The Morgan fingerprint density at radius 2 is 1.79 bits per heavy atom. The number of nitrogens with one attached hydrogen (secondary N) is 2. The lowest BCUT2D eigenvalue weighted by atomic mass is 10.1. The van der Waals surface area contributed by atoms with Crippen LogP contribution in [0.1, 0.15) is 47.6 Å². The maximum absolute atomic E-state index is 12.3. The van der Waals surface area contributed by atoms with Crippen LogP contribution in [0.15, 0.2) is 24.3 Å². The highest BCUT2D eigenvalue weighted by molar-refractivity contribution is 5.92. The molecule has 0 bridgehead atoms. The van der Waals surface area contributed by atoms with Crippen LogP contribution in [0.3, 0.4) is 0 Å². The van der Waals surface area contributed by atoms with E-state index >= 15 is 0 Å². The van der Waals surface area contributed by atoms with Gasteiger partial charge in [0.25, 0.3) is 5.91 Å². The van der Waals surface area contributed by atoms with Gasteiger partial charge in [-0.05, 0) is 50.3 Å². The minimum atomic E-state index is -0.161. The second-order valence-electron chi connectivity index (χ2n) is 6.55. The highest BCUT2D eigenvalue weighted by Gasteiger charge is 2.12. The fraction of sp³-hybridized carbons (Fsp3) is 0.421. The molecular weight excluding hydrogens is 300 g/mol. The second kappa shape index (κ2) is 7.90. The predicted molar refractivity (Wildman–Crippen MR) is 97.8 cm³/mol. The molecule has 0 aliphatic heterocycles. The van der Waals surface area contributed by atoms with Gasteiger partial charge >= 0.3 is 0 Å². The van der Waals surface area contributed by atoms with Crippen LogP contribution in [-0.2, 0) is 0 Å². The van der Waals surface area contributed by atoms with Crippen molar-refractivity contribution in [3.63, 3.8) is 0 Å². The lowest BCUT2D eigenvalue weighted by Gasteiger charge is -2.13. The summed E-state index contributed by atoms with van der Waals surface area (Å²) in [5, 5.41) is 6.16. The Hall–Kier alpha value is -2.43. The van der Waals surface area contributed by atoms with E-state index in [9.17, 15) is 4.79 Å². The molecule has 0 fully saturated rings. The van der Waals surface area contributed by atoms with E-state index in [1.807, 2.05) is 39.0 Å². The SMILES string of the molecule is Cc1cc(C(=O)NCCC(C)C)nc(Nc2c(C)cccc2C)n1. The van der Waals surface area contributed by atoms with Crippen LogP contribution in [0, 0.1) is 26.7 Å². The van der Waals surface area contributed by atoms with Gasteiger partial charge in [-0.3, -0.25) is 4.79 Å². The van der Waals surface area contributed by atoms with Crippen molar-refractivity contribution in [1.29, 1.82) is 0 Å². The maximum Gasteiger partial charge on any atom is 0.270 e. The molecule has 5 nitrogen and oxygen atoms in total. The zero-order valence-corrected chi connectivity index (χ0v) is 15.1. The van der Waals surface area contributed by atoms with E-state index < -0.39 is 0 Å². The fourth-order valence-corrected chi connectivity index (χ4v) is 2.43. The summed E-state index contributed by atoms with van der Waals surface area (Å²) < 4.78 is 0. The molecule has 0 unspecified atom stereocenters. The quantitative estimate of drug-likeness (QED) is 0.844. The highest BCUT2D eigenvalue weighted by atomic mass is 16.1. The van der Waals surface area contributed by atoms with Gasteiger partial charge in [0, 0.05) is 17.9 Å². The van der Waals surface area contributed by atoms with Crippen LogP contribution in [0.2, 0.25) is 0 Å². The van der Waals surface area contributed by atoms with Gasteiger partial charge in [0.2, 0.25) is 5.95 Å². The van der Waals surface area contributed by atoms with E-state index in [2.05, 4.69) is 34.4 Å². The summed E-state index contributed by atoms with van der Waals surface area (Å²) in [5.41, 5.74) is 4.35. The molecule has 0 radical (unpaired) electrons. The molecule has 2 aromatic rings. The summed E-state index contributed by atoms with van der Waals surface area (Å²) >= 11 is 0. The molecule has 2 N–H and O–H groups in total. The van der Waals surface area contributed by atoms with Crippen LogP contribution < -0.4 is 10.6 Å². The number of carbonyl (C=O) groups is 1. The van der Waals surface area contributed by atoms with Gasteiger partial charge in [0.1, 0.15) is 5.69 Å². The first-order valence-electron chi connectivity index (χ1n) is 8.34. The molecule has 1 heterocycles. The topological polar surface area (TPSA) is 66.9 Å². The average molecular weight is 326 g/mol. The molecule has 1 aromatic heterocycles. The third-order valence-corrected chi connectivity index (χ3v) is 3.81. The first-order chi connectivity index (χ1) is 11.4. The number of nitrogens with zero attached hydrogens (tertiary/aromatic N) is 2.